The summed E-state index contributed by atoms with van der Waals surface area (Å²) in [5.41, 5.74) is 5.91. The first-order valence-electron chi connectivity index (χ1n) is 9.23. The second kappa shape index (κ2) is 8.22. The second-order valence-electron chi connectivity index (χ2n) is 6.90. The molecule has 4 rings (SSSR count). The molecule has 1 aliphatic heterocycles. The minimum absolute atomic E-state index is 0.520. The van der Waals surface area contributed by atoms with Crippen molar-refractivity contribution in [3.63, 3.8) is 0 Å². The fourth-order valence-electron chi connectivity index (χ4n) is 3.24. The molecule has 1 aliphatic rings. The molecule has 0 saturated carbocycles. The van der Waals surface area contributed by atoms with Gasteiger partial charge in [0.05, 0.1) is 0 Å². The Kier molecular flexibility index (Phi) is 5.52. The first-order chi connectivity index (χ1) is 13.6. The zero-order chi connectivity index (χ0) is 19.5. The molecule has 3 aromatic carbocycles. The number of rotatable bonds is 4. The smallest absolute Gasteiger partial charge is 0.0361 e. The molecule has 0 N–H and O–H groups in total. The van der Waals surface area contributed by atoms with E-state index in [4.69, 9.17) is 10.7 Å². The Hall–Kier alpha value is -2.55. The third kappa shape index (κ3) is 3.84. The fraction of sp³-hybridized carbons (Fsp3) is 0.0800. The summed E-state index contributed by atoms with van der Waals surface area (Å²) in [4.78, 5) is 4.43. The van der Waals surface area contributed by atoms with Gasteiger partial charge < -0.3 is 4.90 Å². The number of hydrogen-bond donors (Lipinski definition) is 0. The summed E-state index contributed by atoms with van der Waals surface area (Å²) in [6, 6.07) is 29.6. The standard InChI is InChI=1S/C25H22ClNS/c1-27(2)23-15-13-21(14-16-23)25-18-22(19-9-5-3-6-10-19)17-24(28(25)26)20-11-7-4-8-12-20/h3-18H,1-2H3. The van der Waals surface area contributed by atoms with Crippen LogP contribution in [0, 0.1) is 0 Å². The van der Waals surface area contributed by atoms with Crippen LogP contribution in [0.15, 0.2) is 97.1 Å². The minimum Gasteiger partial charge on any atom is -0.378 e. The molecule has 1 unspecified atom stereocenters. The van der Waals surface area contributed by atoms with Crippen LogP contribution in [-0.2, 0) is 0 Å². The second-order valence-corrected chi connectivity index (χ2v) is 9.22. The molecule has 1 atom stereocenters. The van der Waals surface area contributed by atoms with Gasteiger partial charge in [-0.3, -0.25) is 0 Å². The predicted molar refractivity (Wildman–Crippen MR) is 127 cm³/mol. The summed E-state index contributed by atoms with van der Waals surface area (Å²) in [5.74, 6) is 0. The molecule has 0 aromatic heterocycles. The molecule has 1 nitrogen and oxygen atoms in total. The summed E-state index contributed by atoms with van der Waals surface area (Å²) in [7, 11) is 10.6. The van der Waals surface area contributed by atoms with Gasteiger partial charge in [0, 0.05) is 29.6 Å². The maximum absolute atomic E-state index is 7.04. The highest BCUT2D eigenvalue weighted by molar-refractivity contribution is 8.42. The van der Waals surface area contributed by atoms with Gasteiger partial charge in [0.15, 0.2) is 0 Å². The molecule has 0 fully saturated rings. The molecule has 140 valence electrons. The fourth-order valence-corrected chi connectivity index (χ4v) is 5.43. The SMILES string of the molecule is CN(C)c1ccc(C2=CC(c3ccccc3)=CC(c3ccccc3)=S2Cl)cc1. The van der Waals surface area contributed by atoms with Crippen LogP contribution in [0.5, 0.6) is 0 Å². The summed E-state index contributed by atoms with van der Waals surface area (Å²) in [6.07, 6.45) is 4.47. The van der Waals surface area contributed by atoms with Crippen molar-refractivity contribution in [3.05, 3.63) is 114 Å². The molecule has 0 aliphatic carbocycles. The predicted octanol–water partition coefficient (Wildman–Crippen LogP) is 6.83. The van der Waals surface area contributed by atoms with Gasteiger partial charge in [-0.05, 0) is 57.2 Å². The highest BCUT2D eigenvalue weighted by Gasteiger charge is 2.18. The number of halogens is 1. The highest BCUT2D eigenvalue weighted by atomic mass is 35.7. The molecule has 28 heavy (non-hydrogen) atoms. The van der Waals surface area contributed by atoms with E-state index in [1.54, 1.807) is 0 Å². The Morgan fingerprint density at radius 2 is 1.21 bits per heavy atom. The van der Waals surface area contributed by atoms with Crippen LogP contribution < -0.4 is 4.90 Å². The molecule has 0 spiro atoms. The maximum atomic E-state index is 7.04. The summed E-state index contributed by atoms with van der Waals surface area (Å²) >= 11 is 0. The lowest BCUT2D eigenvalue weighted by Gasteiger charge is -2.20. The Labute approximate surface area is 174 Å². The van der Waals surface area contributed by atoms with Crippen LogP contribution in [0.3, 0.4) is 0 Å². The summed E-state index contributed by atoms with van der Waals surface area (Å²) in [5, 5.41) is 0. The lowest BCUT2D eigenvalue weighted by Crippen LogP contribution is -2.08. The van der Waals surface area contributed by atoms with Crippen molar-refractivity contribution in [3.8, 4) is 0 Å². The molecule has 0 amide bonds. The van der Waals surface area contributed by atoms with Gasteiger partial charge in [0.1, 0.15) is 0 Å². The van der Waals surface area contributed by atoms with Gasteiger partial charge in [-0.1, -0.05) is 82.5 Å². The molecule has 3 aromatic rings. The van der Waals surface area contributed by atoms with Crippen LogP contribution in [0.1, 0.15) is 16.7 Å². The Balaban J connectivity index is 1.87. The van der Waals surface area contributed by atoms with E-state index in [1.165, 1.54) is 28.0 Å². The quantitative estimate of drug-likeness (QED) is 0.431. The number of benzene rings is 3. The van der Waals surface area contributed by atoms with Crippen molar-refractivity contribution in [2.45, 2.75) is 0 Å². The lowest BCUT2D eigenvalue weighted by atomic mass is 10.0. The highest BCUT2D eigenvalue weighted by Crippen LogP contribution is 2.46. The first kappa shape index (κ1) is 18.8. The van der Waals surface area contributed by atoms with E-state index in [2.05, 4.69) is 104 Å². The summed E-state index contributed by atoms with van der Waals surface area (Å²) < 4.78 is 0. The topological polar surface area (TPSA) is 3.24 Å². The molecule has 0 radical (unpaired) electrons. The van der Waals surface area contributed by atoms with Crippen LogP contribution >= 0.6 is 20.4 Å². The average molecular weight is 404 g/mol. The summed E-state index contributed by atoms with van der Waals surface area (Å²) in [6.45, 7) is 0. The van der Waals surface area contributed by atoms with Crippen molar-refractivity contribution >= 4 is 41.4 Å². The van der Waals surface area contributed by atoms with Crippen LogP contribution in [0.25, 0.3) is 10.5 Å². The van der Waals surface area contributed by atoms with Crippen molar-refractivity contribution in [1.82, 2.24) is 0 Å². The minimum atomic E-state index is -0.520. The lowest BCUT2D eigenvalue weighted by molar-refractivity contribution is 1.13. The van der Waals surface area contributed by atoms with Crippen molar-refractivity contribution in [1.29, 1.82) is 0 Å². The average Bonchev–Trinajstić information content (AvgIpc) is 2.75. The van der Waals surface area contributed by atoms with Gasteiger partial charge in [0.2, 0.25) is 0 Å². The zero-order valence-corrected chi connectivity index (χ0v) is 17.5. The van der Waals surface area contributed by atoms with Gasteiger partial charge in [-0.25, -0.2) is 0 Å². The molecular weight excluding hydrogens is 382 g/mol. The number of anilines is 1. The van der Waals surface area contributed by atoms with Gasteiger partial charge in [-0.15, -0.1) is 0 Å². The third-order valence-electron chi connectivity index (χ3n) is 4.79. The van der Waals surface area contributed by atoms with Crippen LogP contribution in [-0.4, -0.2) is 19.0 Å². The van der Waals surface area contributed by atoms with E-state index in [1.807, 2.05) is 12.1 Å². The Bertz CT molecular complexity index is 1060. The third-order valence-corrected chi connectivity index (χ3v) is 7.27. The normalized spacial score (nSPS) is 16.4. The Morgan fingerprint density at radius 1 is 0.643 bits per heavy atom. The van der Waals surface area contributed by atoms with Gasteiger partial charge in [0.25, 0.3) is 0 Å². The van der Waals surface area contributed by atoms with Crippen molar-refractivity contribution in [2.24, 2.45) is 0 Å². The molecule has 0 saturated heterocycles. The van der Waals surface area contributed by atoms with E-state index >= 15 is 0 Å². The number of nitrogens with zero attached hydrogens (tertiary/aromatic N) is 1. The molecular formula is C25H22ClNS. The van der Waals surface area contributed by atoms with Crippen LogP contribution in [0.4, 0.5) is 5.69 Å². The van der Waals surface area contributed by atoms with E-state index in [-0.39, 0.29) is 0 Å². The van der Waals surface area contributed by atoms with E-state index in [0.29, 0.717) is 0 Å². The first-order valence-corrected chi connectivity index (χ1v) is 11.3. The molecule has 3 heteroatoms. The number of allylic oxidation sites excluding steroid dienone is 3. The molecule has 1 heterocycles. The molecule has 0 bridgehead atoms. The zero-order valence-electron chi connectivity index (χ0n) is 16.0. The maximum Gasteiger partial charge on any atom is 0.0361 e. The Morgan fingerprint density at radius 3 is 1.79 bits per heavy atom. The largest absolute Gasteiger partial charge is 0.378 e. The van der Waals surface area contributed by atoms with Gasteiger partial charge in [-0.2, -0.15) is 0 Å². The van der Waals surface area contributed by atoms with Gasteiger partial charge >= 0.3 is 0 Å². The van der Waals surface area contributed by atoms with E-state index in [0.717, 1.165) is 9.77 Å². The van der Waals surface area contributed by atoms with Crippen molar-refractivity contribution in [2.75, 3.05) is 19.0 Å². The van der Waals surface area contributed by atoms with E-state index in [9.17, 15) is 0 Å². The number of hydrogen-bond acceptors (Lipinski definition) is 1. The van der Waals surface area contributed by atoms with Crippen LogP contribution in [0.2, 0.25) is 0 Å². The van der Waals surface area contributed by atoms with E-state index < -0.39 is 9.70 Å². The monoisotopic (exact) mass is 403 g/mol. The van der Waals surface area contributed by atoms with Crippen molar-refractivity contribution < 1.29 is 0 Å².